The Kier molecular flexibility index (Phi) is 5.81. The third kappa shape index (κ3) is 4.48. The maximum atomic E-state index is 13.8. The van der Waals surface area contributed by atoms with E-state index in [4.69, 9.17) is 4.74 Å². The molecule has 4 nitrogen and oxygen atoms in total. The van der Waals surface area contributed by atoms with Crippen LogP contribution in [-0.4, -0.2) is 35.4 Å². The highest BCUT2D eigenvalue weighted by Crippen LogP contribution is 2.25. The molecule has 1 aliphatic rings. The van der Waals surface area contributed by atoms with Crippen LogP contribution in [0.3, 0.4) is 0 Å². The van der Waals surface area contributed by atoms with Gasteiger partial charge in [0.2, 0.25) is 0 Å². The van der Waals surface area contributed by atoms with Crippen molar-refractivity contribution in [2.75, 3.05) is 13.1 Å². The van der Waals surface area contributed by atoms with E-state index in [-0.39, 0.29) is 37.8 Å². The summed E-state index contributed by atoms with van der Waals surface area (Å²) in [5.41, 5.74) is 0.884. The quantitative estimate of drug-likeness (QED) is 0.860. The van der Waals surface area contributed by atoms with Gasteiger partial charge in [-0.3, -0.25) is 0 Å². The van der Waals surface area contributed by atoms with Gasteiger partial charge in [-0.1, -0.05) is 37.3 Å². The maximum Gasteiger partial charge on any atom is 0.410 e. The Morgan fingerprint density at radius 3 is 2.82 bits per heavy atom. The number of piperidine rings is 1. The molecule has 22 heavy (non-hydrogen) atoms. The molecule has 5 heteroatoms. The zero-order valence-electron chi connectivity index (χ0n) is 12.7. The molecule has 1 aromatic rings. The standard InChI is InChI=1S/C17H22FNO3/c1-2-6-16(20)14-9-15(18)11-19(10-14)17(21)22-12-13-7-4-3-5-8-13/h3-8,14-15,20H,2,9-12H2,1H3/b16-6-. The molecule has 2 rings (SSSR count). The average Bonchev–Trinajstić information content (AvgIpc) is 2.53. The second kappa shape index (κ2) is 7.82. The number of aliphatic hydroxyl groups is 1. The van der Waals surface area contributed by atoms with Crippen molar-refractivity contribution in [3.63, 3.8) is 0 Å². The Morgan fingerprint density at radius 2 is 2.14 bits per heavy atom. The van der Waals surface area contributed by atoms with Crippen LogP contribution in [0.5, 0.6) is 0 Å². The van der Waals surface area contributed by atoms with Crippen molar-refractivity contribution < 1.29 is 19.0 Å². The molecule has 0 aromatic heterocycles. The number of allylic oxidation sites excluding steroid dienone is 1. The molecule has 1 amide bonds. The van der Waals surface area contributed by atoms with Crippen molar-refractivity contribution in [2.24, 2.45) is 5.92 Å². The number of carbonyl (C=O) groups excluding carboxylic acids is 1. The number of ether oxygens (including phenoxy) is 1. The zero-order valence-corrected chi connectivity index (χ0v) is 12.7. The number of nitrogens with zero attached hydrogens (tertiary/aromatic N) is 1. The number of aliphatic hydroxyl groups excluding tert-OH is 1. The first-order valence-electron chi connectivity index (χ1n) is 7.58. The monoisotopic (exact) mass is 307 g/mol. The Labute approximate surface area is 130 Å². The molecule has 1 heterocycles. The molecule has 0 aliphatic carbocycles. The summed E-state index contributed by atoms with van der Waals surface area (Å²) in [5.74, 6) is -0.196. The van der Waals surface area contributed by atoms with E-state index in [0.29, 0.717) is 6.42 Å². The van der Waals surface area contributed by atoms with E-state index in [1.165, 1.54) is 4.90 Å². The molecule has 0 saturated carbocycles. The fourth-order valence-corrected chi connectivity index (χ4v) is 2.59. The summed E-state index contributed by atoms with van der Waals surface area (Å²) in [4.78, 5) is 13.4. The van der Waals surface area contributed by atoms with E-state index in [1.54, 1.807) is 6.08 Å². The van der Waals surface area contributed by atoms with Crippen LogP contribution in [0, 0.1) is 5.92 Å². The van der Waals surface area contributed by atoms with Gasteiger partial charge >= 0.3 is 6.09 Å². The first kappa shape index (κ1) is 16.3. The van der Waals surface area contributed by atoms with Gasteiger partial charge in [-0.15, -0.1) is 0 Å². The van der Waals surface area contributed by atoms with Crippen LogP contribution in [0.1, 0.15) is 25.3 Å². The molecular formula is C17H22FNO3. The number of amides is 1. The van der Waals surface area contributed by atoms with Gasteiger partial charge in [-0.05, 0) is 24.5 Å². The Hall–Kier alpha value is -2.04. The zero-order chi connectivity index (χ0) is 15.9. The summed E-state index contributed by atoms with van der Waals surface area (Å²) in [7, 11) is 0. The summed E-state index contributed by atoms with van der Waals surface area (Å²) < 4.78 is 19.0. The van der Waals surface area contributed by atoms with Crippen LogP contribution in [-0.2, 0) is 11.3 Å². The highest BCUT2D eigenvalue weighted by molar-refractivity contribution is 5.68. The minimum atomic E-state index is -1.14. The lowest BCUT2D eigenvalue weighted by molar-refractivity contribution is 0.0539. The lowest BCUT2D eigenvalue weighted by atomic mass is 9.94. The number of hydrogen-bond acceptors (Lipinski definition) is 3. The van der Waals surface area contributed by atoms with Gasteiger partial charge in [-0.25, -0.2) is 9.18 Å². The predicted octanol–water partition coefficient (Wildman–Crippen LogP) is 3.84. The van der Waals surface area contributed by atoms with Gasteiger partial charge in [0, 0.05) is 12.5 Å². The third-order valence-corrected chi connectivity index (χ3v) is 3.69. The Balaban J connectivity index is 1.92. The van der Waals surface area contributed by atoms with Gasteiger partial charge < -0.3 is 14.7 Å². The van der Waals surface area contributed by atoms with E-state index in [9.17, 15) is 14.3 Å². The van der Waals surface area contributed by atoms with Gasteiger partial charge in [-0.2, -0.15) is 0 Å². The minimum Gasteiger partial charge on any atom is -0.512 e. The van der Waals surface area contributed by atoms with Crippen LogP contribution < -0.4 is 0 Å². The largest absolute Gasteiger partial charge is 0.512 e. The van der Waals surface area contributed by atoms with E-state index >= 15 is 0 Å². The molecule has 120 valence electrons. The van der Waals surface area contributed by atoms with Gasteiger partial charge in [0.25, 0.3) is 0 Å². The van der Waals surface area contributed by atoms with Gasteiger partial charge in [0.1, 0.15) is 12.8 Å². The molecule has 1 aromatic carbocycles. The molecule has 0 spiro atoms. The molecule has 1 N–H and O–H groups in total. The summed E-state index contributed by atoms with van der Waals surface area (Å²) in [6, 6.07) is 9.34. The number of rotatable bonds is 4. The first-order chi connectivity index (χ1) is 10.6. The summed E-state index contributed by atoms with van der Waals surface area (Å²) in [6.07, 6.45) is 0.898. The van der Waals surface area contributed by atoms with Crippen molar-refractivity contribution in [2.45, 2.75) is 32.5 Å². The SMILES string of the molecule is CC/C=C(\O)C1CC(F)CN(C(=O)OCc2ccccc2)C1. The molecule has 1 aliphatic heterocycles. The Morgan fingerprint density at radius 1 is 1.41 bits per heavy atom. The minimum absolute atomic E-state index is 0.0174. The molecule has 1 fully saturated rings. The molecule has 1 saturated heterocycles. The highest BCUT2D eigenvalue weighted by atomic mass is 19.1. The van der Waals surface area contributed by atoms with Crippen molar-refractivity contribution in [3.8, 4) is 0 Å². The lowest BCUT2D eigenvalue weighted by Gasteiger charge is -2.33. The average molecular weight is 307 g/mol. The van der Waals surface area contributed by atoms with Crippen LogP contribution in [0.25, 0.3) is 0 Å². The number of halogens is 1. The lowest BCUT2D eigenvalue weighted by Crippen LogP contribution is -2.45. The van der Waals surface area contributed by atoms with Crippen LogP contribution in [0.15, 0.2) is 42.2 Å². The second-order valence-electron chi connectivity index (χ2n) is 5.51. The van der Waals surface area contributed by atoms with Gasteiger partial charge in [0.05, 0.1) is 12.3 Å². The van der Waals surface area contributed by atoms with Crippen LogP contribution >= 0.6 is 0 Å². The van der Waals surface area contributed by atoms with Crippen molar-refractivity contribution in [3.05, 3.63) is 47.7 Å². The molecule has 0 radical (unpaired) electrons. The van der Waals surface area contributed by atoms with E-state index < -0.39 is 12.3 Å². The smallest absolute Gasteiger partial charge is 0.410 e. The third-order valence-electron chi connectivity index (χ3n) is 3.69. The molecular weight excluding hydrogens is 285 g/mol. The maximum absolute atomic E-state index is 13.8. The van der Waals surface area contributed by atoms with E-state index in [0.717, 1.165) is 5.56 Å². The summed E-state index contributed by atoms with van der Waals surface area (Å²) in [5, 5.41) is 9.91. The predicted molar refractivity (Wildman–Crippen MR) is 82.2 cm³/mol. The van der Waals surface area contributed by atoms with Crippen molar-refractivity contribution in [1.29, 1.82) is 0 Å². The summed E-state index contributed by atoms with van der Waals surface area (Å²) in [6.45, 7) is 2.37. The highest BCUT2D eigenvalue weighted by Gasteiger charge is 2.32. The number of likely N-dealkylation sites (tertiary alicyclic amines) is 1. The Bertz CT molecular complexity index is 518. The fourth-order valence-electron chi connectivity index (χ4n) is 2.59. The second-order valence-corrected chi connectivity index (χ2v) is 5.51. The number of hydrogen-bond donors (Lipinski definition) is 1. The topological polar surface area (TPSA) is 49.8 Å². The van der Waals surface area contributed by atoms with E-state index in [1.807, 2.05) is 37.3 Å². The van der Waals surface area contributed by atoms with E-state index in [2.05, 4.69) is 0 Å². The van der Waals surface area contributed by atoms with Crippen molar-refractivity contribution >= 4 is 6.09 Å². The molecule has 2 atom stereocenters. The van der Waals surface area contributed by atoms with Crippen LogP contribution in [0.4, 0.5) is 9.18 Å². The summed E-state index contributed by atoms with van der Waals surface area (Å²) >= 11 is 0. The molecule has 2 unspecified atom stereocenters. The fraction of sp³-hybridized carbons (Fsp3) is 0.471. The number of alkyl halides is 1. The number of carbonyl (C=O) groups is 1. The van der Waals surface area contributed by atoms with Crippen LogP contribution in [0.2, 0.25) is 0 Å². The normalized spacial score (nSPS) is 22.5. The number of benzene rings is 1. The van der Waals surface area contributed by atoms with Gasteiger partial charge in [0.15, 0.2) is 0 Å². The molecule has 0 bridgehead atoms. The van der Waals surface area contributed by atoms with Crippen molar-refractivity contribution in [1.82, 2.24) is 4.90 Å². The first-order valence-corrected chi connectivity index (χ1v) is 7.58.